The Kier molecular flexibility index (Phi) is 5.13. The van der Waals surface area contributed by atoms with Crippen molar-refractivity contribution in [1.29, 1.82) is 0 Å². The molecular formula is C20H16N2O6S. The van der Waals surface area contributed by atoms with Gasteiger partial charge in [-0.25, -0.2) is 4.79 Å². The standard InChI is InChI=1S/C20H16N2O6S/c1-26-19(24)13-3-5-14(6-4-13)21-10-22-18(23)17(29-20(22)25)9-12-2-7-15-16(8-12)28-11-27-15/h2-9,21H,10-11H2,1H3/b17-9-. The van der Waals surface area contributed by atoms with E-state index in [0.29, 0.717) is 27.7 Å². The first-order valence-electron chi connectivity index (χ1n) is 8.62. The number of hydrogen-bond donors (Lipinski definition) is 1. The van der Waals surface area contributed by atoms with Gasteiger partial charge in [0.25, 0.3) is 11.1 Å². The van der Waals surface area contributed by atoms with Gasteiger partial charge in [-0.15, -0.1) is 0 Å². The summed E-state index contributed by atoms with van der Waals surface area (Å²) in [6, 6.07) is 11.9. The molecule has 4 rings (SSSR count). The van der Waals surface area contributed by atoms with Crippen LogP contribution in [0.1, 0.15) is 15.9 Å². The molecule has 0 saturated carbocycles. The first-order valence-corrected chi connectivity index (χ1v) is 9.44. The van der Waals surface area contributed by atoms with Gasteiger partial charge in [-0.3, -0.25) is 14.5 Å². The van der Waals surface area contributed by atoms with E-state index < -0.39 is 5.97 Å². The number of ether oxygens (including phenoxy) is 3. The summed E-state index contributed by atoms with van der Waals surface area (Å²) >= 11 is 0.880. The number of nitrogens with one attached hydrogen (secondary N) is 1. The summed E-state index contributed by atoms with van der Waals surface area (Å²) in [7, 11) is 1.31. The number of fused-ring (bicyclic) bond motifs is 1. The number of carbonyl (C=O) groups excluding carboxylic acids is 3. The molecule has 0 atom stereocenters. The second-order valence-corrected chi connectivity index (χ2v) is 7.12. The minimum atomic E-state index is -0.434. The summed E-state index contributed by atoms with van der Waals surface area (Å²) in [5.74, 6) is 0.445. The van der Waals surface area contributed by atoms with E-state index in [1.54, 1.807) is 48.5 Å². The number of carbonyl (C=O) groups is 3. The minimum absolute atomic E-state index is 0.0146. The largest absolute Gasteiger partial charge is 0.465 e. The lowest BCUT2D eigenvalue weighted by Crippen LogP contribution is -2.33. The summed E-state index contributed by atoms with van der Waals surface area (Å²) < 4.78 is 15.2. The van der Waals surface area contributed by atoms with E-state index in [2.05, 4.69) is 10.1 Å². The van der Waals surface area contributed by atoms with Crippen LogP contribution < -0.4 is 14.8 Å². The van der Waals surface area contributed by atoms with Crippen molar-refractivity contribution < 1.29 is 28.6 Å². The number of rotatable bonds is 5. The second kappa shape index (κ2) is 7.88. The molecule has 0 radical (unpaired) electrons. The molecule has 0 aliphatic carbocycles. The fourth-order valence-electron chi connectivity index (χ4n) is 2.80. The highest BCUT2D eigenvalue weighted by atomic mass is 32.2. The van der Waals surface area contributed by atoms with Crippen LogP contribution in [-0.2, 0) is 9.53 Å². The molecule has 1 N–H and O–H groups in total. The van der Waals surface area contributed by atoms with Crippen LogP contribution in [0.2, 0.25) is 0 Å². The maximum absolute atomic E-state index is 12.6. The Morgan fingerprint density at radius 2 is 1.93 bits per heavy atom. The maximum Gasteiger partial charge on any atom is 0.337 e. The lowest BCUT2D eigenvalue weighted by molar-refractivity contribution is -0.122. The Labute approximate surface area is 170 Å². The first-order chi connectivity index (χ1) is 14.0. The lowest BCUT2D eigenvalue weighted by atomic mass is 10.2. The molecule has 0 bridgehead atoms. The number of anilines is 1. The second-order valence-electron chi connectivity index (χ2n) is 6.13. The van der Waals surface area contributed by atoms with E-state index in [1.165, 1.54) is 7.11 Å². The Bertz CT molecular complexity index is 1020. The van der Waals surface area contributed by atoms with Gasteiger partial charge in [0.15, 0.2) is 11.5 Å². The van der Waals surface area contributed by atoms with Crippen LogP contribution in [0, 0.1) is 0 Å². The predicted octanol–water partition coefficient (Wildman–Crippen LogP) is 3.31. The van der Waals surface area contributed by atoms with E-state index in [9.17, 15) is 14.4 Å². The van der Waals surface area contributed by atoms with Crippen LogP contribution in [0.5, 0.6) is 11.5 Å². The Morgan fingerprint density at radius 3 is 2.69 bits per heavy atom. The van der Waals surface area contributed by atoms with Gasteiger partial charge in [0.05, 0.1) is 24.2 Å². The Morgan fingerprint density at radius 1 is 1.17 bits per heavy atom. The third kappa shape index (κ3) is 3.90. The molecule has 2 aliphatic rings. The maximum atomic E-state index is 12.6. The summed E-state index contributed by atoms with van der Waals surface area (Å²) in [6.45, 7) is 0.183. The van der Waals surface area contributed by atoms with Gasteiger partial charge in [-0.2, -0.15) is 0 Å². The SMILES string of the molecule is COC(=O)c1ccc(NCN2C(=O)S/C(=C\c3ccc4c(c3)OCO4)C2=O)cc1. The van der Waals surface area contributed by atoms with Crippen molar-refractivity contribution >= 4 is 40.6 Å². The van der Waals surface area contributed by atoms with Gasteiger partial charge in [0.2, 0.25) is 6.79 Å². The van der Waals surface area contributed by atoms with Crippen molar-refractivity contribution in [2.24, 2.45) is 0 Å². The van der Waals surface area contributed by atoms with Crippen LogP contribution in [0.4, 0.5) is 10.5 Å². The van der Waals surface area contributed by atoms with E-state index in [4.69, 9.17) is 9.47 Å². The molecule has 29 heavy (non-hydrogen) atoms. The molecule has 148 valence electrons. The van der Waals surface area contributed by atoms with Crippen molar-refractivity contribution in [3.8, 4) is 11.5 Å². The molecule has 9 heteroatoms. The Balaban J connectivity index is 1.42. The van der Waals surface area contributed by atoms with E-state index in [0.717, 1.165) is 22.2 Å². The average molecular weight is 412 g/mol. The normalized spacial score (nSPS) is 16.4. The molecule has 1 saturated heterocycles. The van der Waals surface area contributed by atoms with Crippen molar-refractivity contribution in [2.75, 3.05) is 25.9 Å². The molecule has 2 aromatic rings. The summed E-state index contributed by atoms with van der Waals surface area (Å²) in [6.07, 6.45) is 1.65. The van der Waals surface area contributed by atoms with Crippen LogP contribution >= 0.6 is 11.8 Å². The highest BCUT2D eigenvalue weighted by Gasteiger charge is 2.34. The van der Waals surface area contributed by atoms with Crippen molar-refractivity contribution in [3.05, 3.63) is 58.5 Å². The van der Waals surface area contributed by atoms with Crippen molar-refractivity contribution in [2.45, 2.75) is 0 Å². The van der Waals surface area contributed by atoms with Gasteiger partial charge in [-0.05, 0) is 59.8 Å². The molecule has 2 amide bonds. The van der Waals surface area contributed by atoms with Gasteiger partial charge >= 0.3 is 5.97 Å². The van der Waals surface area contributed by atoms with E-state index in [1.807, 2.05) is 0 Å². The molecule has 2 aliphatic heterocycles. The fourth-order valence-corrected chi connectivity index (χ4v) is 3.64. The van der Waals surface area contributed by atoms with E-state index >= 15 is 0 Å². The molecule has 0 aromatic heterocycles. The third-order valence-electron chi connectivity index (χ3n) is 4.32. The lowest BCUT2D eigenvalue weighted by Gasteiger charge is -2.14. The number of thioether (sulfide) groups is 1. The zero-order chi connectivity index (χ0) is 20.4. The van der Waals surface area contributed by atoms with Crippen molar-refractivity contribution in [3.63, 3.8) is 0 Å². The molecule has 8 nitrogen and oxygen atoms in total. The molecular weight excluding hydrogens is 396 g/mol. The molecule has 2 heterocycles. The number of benzene rings is 2. The monoisotopic (exact) mass is 412 g/mol. The summed E-state index contributed by atoms with van der Waals surface area (Å²) in [4.78, 5) is 37.8. The quantitative estimate of drug-likeness (QED) is 0.591. The summed E-state index contributed by atoms with van der Waals surface area (Å²) in [5, 5.41) is 2.64. The topological polar surface area (TPSA) is 94.2 Å². The molecule has 0 spiro atoms. The highest BCUT2D eigenvalue weighted by Crippen LogP contribution is 2.36. The predicted molar refractivity (Wildman–Crippen MR) is 107 cm³/mol. The molecule has 0 unspecified atom stereocenters. The average Bonchev–Trinajstić information content (AvgIpc) is 3.30. The number of imide groups is 1. The zero-order valence-electron chi connectivity index (χ0n) is 15.3. The minimum Gasteiger partial charge on any atom is -0.465 e. The first kappa shape index (κ1) is 18.9. The van der Waals surface area contributed by atoms with Gasteiger partial charge in [0.1, 0.15) is 0 Å². The van der Waals surface area contributed by atoms with Crippen LogP contribution in [-0.4, -0.2) is 42.6 Å². The number of methoxy groups -OCH3 is 1. The summed E-state index contributed by atoms with van der Waals surface area (Å²) in [5.41, 5.74) is 1.82. The number of hydrogen-bond acceptors (Lipinski definition) is 8. The highest BCUT2D eigenvalue weighted by molar-refractivity contribution is 8.18. The molecule has 2 aromatic carbocycles. The fraction of sp³-hybridized carbons (Fsp3) is 0.150. The van der Waals surface area contributed by atoms with Gasteiger partial charge < -0.3 is 19.5 Å². The van der Waals surface area contributed by atoms with Gasteiger partial charge in [-0.1, -0.05) is 6.07 Å². The third-order valence-corrected chi connectivity index (χ3v) is 5.22. The zero-order valence-corrected chi connectivity index (χ0v) is 16.2. The number of esters is 1. The Hall–Kier alpha value is -3.46. The number of nitrogens with zero attached hydrogens (tertiary/aromatic N) is 1. The van der Waals surface area contributed by atoms with Crippen LogP contribution in [0.3, 0.4) is 0 Å². The number of amides is 2. The van der Waals surface area contributed by atoms with Crippen LogP contribution in [0.25, 0.3) is 6.08 Å². The van der Waals surface area contributed by atoms with Gasteiger partial charge in [0, 0.05) is 5.69 Å². The molecule has 1 fully saturated rings. The van der Waals surface area contributed by atoms with Crippen molar-refractivity contribution in [1.82, 2.24) is 4.90 Å². The smallest absolute Gasteiger partial charge is 0.337 e. The van der Waals surface area contributed by atoms with E-state index in [-0.39, 0.29) is 24.6 Å². The van der Waals surface area contributed by atoms with Crippen LogP contribution in [0.15, 0.2) is 47.4 Å².